The summed E-state index contributed by atoms with van der Waals surface area (Å²) in [6.07, 6.45) is 2.52. The van der Waals surface area contributed by atoms with Crippen molar-refractivity contribution in [3.05, 3.63) is 71.4 Å². The number of hydrogen-bond acceptors (Lipinski definition) is 8. The molecule has 1 N–H and O–H groups in total. The van der Waals surface area contributed by atoms with Gasteiger partial charge in [-0.3, -0.25) is 19.3 Å². The third-order valence-electron chi connectivity index (χ3n) is 6.42. The first-order valence-electron chi connectivity index (χ1n) is 12.0. The number of imide groups is 1. The summed E-state index contributed by atoms with van der Waals surface area (Å²) < 4.78 is 0. The maximum Gasteiger partial charge on any atom is 0.261 e. The third kappa shape index (κ3) is 4.88. The van der Waals surface area contributed by atoms with Crippen LogP contribution in [0.2, 0.25) is 0 Å². The first-order chi connectivity index (χ1) is 17.5. The number of piperazine rings is 1. The number of aryl methyl sites for hydroxylation is 1. The summed E-state index contributed by atoms with van der Waals surface area (Å²) in [7, 11) is 0. The van der Waals surface area contributed by atoms with Gasteiger partial charge in [-0.1, -0.05) is 18.2 Å². The van der Waals surface area contributed by atoms with E-state index >= 15 is 0 Å². The summed E-state index contributed by atoms with van der Waals surface area (Å²) in [5.74, 6) is 1.54. The lowest BCUT2D eigenvalue weighted by Crippen LogP contribution is -2.49. The Morgan fingerprint density at radius 2 is 1.58 bits per heavy atom. The Kier molecular flexibility index (Phi) is 6.57. The molecule has 1 aromatic carbocycles. The topological polar surface area (TPSA) is 112 Å². The van der Waals surface area contributed by atoms with Crippen LogP contribution in [-0.4, -0.2) is 75.4 Å². The average molecular weight is 486 g/mol. The average Bonchev–Trinajstić information content (AvgIpc) is 3.15. The van der Waals surface area contributed by atoms with Crippen LogP contribution in [0.15, 0.2) is 54.7 Å². The van der Waals surface area contributed by atoms with Gasteiger partial charge in [-0.25, -0.2) is 4.98 Å². The van der Waals surface area contributed by atoms with E-state index < -0.39 is 0 Å². The monoisotopic (exact) mass is 485 g/mol. The summed E-state index contributed by atoms with van der Waals surface area (Å²) in [6, 6.07) is 14.5. The van der Waals surface area contributed by atoms with Crippen LogP contribution >= 0.6 is 0 Å². The van der Waals surface area contributed by atoms with Crippen LogP contribution in [-0.2, 0) is 4.79 Å². The van der Waals surface area contributed by atoms with Crippen molar-refractivity contribution >= 4 is 35.2 Å². The fraction of sp³-hybridized carbons (Fsp3) is 0.308. The Morgan fingerprint density at radius 1 is 0.889 bits per heavy atom. The van der Waals surface area contributed by atoms with Crippen molar-refractivity contribution in [1.29, 1.82) is 0 Å². The van der Waals surface area contributed by atoms with Crippen molar-refractivity contribution < 1.29 is 14.4 Å². The van der Waals surface area contributed by atoms with Gasteiger partial charge in [0.15, 0.2) is 11.6 Å². The van der Waals surface area contributed by atoms with Crippen molar-refractivity contribution in [1.82, 2.24) is 25.0 Å². The minimum Gasteiger partial charge on any atom is -0.352 e. The van der Waals surface area contributed by atoms with Crippen LogP contribution in [0.3, 0.4) is 0 Å². The van der Waals surface area contributed by atoms with Crippen LogP contribution in [0.25, 0.3) is 0 Å². The smallest absolute Gasteiger partial charge is 0.261 e. The van der Waals surface area contributed by atoms with E-state index in [1.165, 1.54) is 4.90 Å². The van der Waals surface area contributed by atoms with Crippen LogP contribution in [0, 0.1) is 6.92 Å². The number of fused-ring (bicyclic) bond motifs is 1. The van der Waals surface area contributed by atoms with Crippen LogP contribution in [0.5, 0.6) is 0 Å². The van der Waals surface area contributed by atoms with E-state index in [9.17, 15) is 14.4 Å². The van der Waals surface area contributed by atoms with Gasteiger partial charge in [-0.05, 0) is 49.2 Å². The van der Waals surface area contributed by atoms with E-state index in [4.69, 9.17) is 0 Å². The molecule has 184 valence electrons. The number of aromatic nitrogens is 3. The van der Waals surface area contributed by atoms with E-state index in [0.717, 1.165) is 11.4 Å². The highest BCUT2D eigenvalue weighted by Gasteiger charge is 2.34. The Morgan fingerprint density at radius 3 is 2.19 bits per heavy atom. The predicted molar refractivity (Wildman–Crippen MR) is 134 cm³/mol. The fourth-order valence-corrected chi connectivity index (χ4v) is 4.41. The zero-order chi connectivity index (χ0) is 25.1. The third-order valence-corrected chi connectivity index (χ3v) is 6.42. The number of hydrogen-bond donors (Lipinski definition) is 1. The molecule has 36 heavy (non-hydrogen) atoms. The maximum atomic E-state index is 12.7. The molecule has 0 unspecified atom stereocenters. The van der Waals surface area contributed by atoms with Gasteiger partial charge in [-0.2, -0.15) is 0 Å². The van der Waals surface area contributed by atoms with Gasteiger partial charge >= 0.3 is 0 Å². The van der Waals surface area contributed by atoms with E-state index in [0.29, 0.717) is 61.8 Å². The molecular formula is C26H27N7O3. The molecule has 0 radical (unpaired) electrons. The second-order valence-electron chi connectivity index (χ2n) is 8.90. The molecule has 5 rings (SSSR count). The van der Waals surface area contributed by atoms with E-state index in [1.54, 1.807) is 30.5 Å². The number of pyridine rings is 1. The first-order valence-corrected chi connectivity index (χ1v) is 12.0. The van der Waals surface area contributed by atoms with Gasteiger partial charge < -0.3 is 15.1 Å². The summed E-state index contributed by atoms with van der Waals surface area (Å²) >= 11 is 0. The van der Waals surface area contributed by atoms with Crippen LogP contribution in [0.1, 0.15) is 39.1 Å². The number of carbonyl (C=O) groups excluding carboxylic acids is 3. The number of carbonyl (C=O) groups is 3. The molecule has 0 aliphatic carbocycles. The molecule has 2 aliphatic rings. The number of nitrogens with one attached hydrogen (secondary N) is 1. The minimum absolute atomic E-state index is 0.0301. The zero-order valence-corrected chi connectivity index (χ0v) is 20.1. The lowest BCUT2D eigenvalue weighted by atomic mass is 10.1. The van der Waals surface area contributed by atoms with E-state index in [2.05, 4.69) is 25.4 Å². The highest BCUT2D eigenvalue weighted by atomic mass is 16.2. The quantitative estimate of drug-likeness (QED) is 0.509. The molecule has 1 fully saturated rings. The molecule has 0 spiro atoms. The molecule has 2 aliphatic heterocycles. The zero-order valence-electron chi connectivity index (χ0n) is 20.1. The molecule has 3 aromatic rings. The largest absolute Gasteiger partial charge is 0.352 e. The second-order valence-corrected chi connectivity index (χ2v) is 8.90. The molecule has 0 atom stereocenters. The SMILES string of the molecule is Cc1ccc(Nc2ccc(N3CCN(C(=O)CCCN4C(=O)c5ccccc5C4=O)CC3)nn2)nc1. The van der Waals surface area contributed by atoms with Gasteiger partial charge in [0.25, 0.3) is 11.8 Å². The van der Waals surface area contributed by atoms with Gasteiger partial charge in [0.2, 0.25) is 5.91 Å². The number of benzene rings is 1. The Bertz CT molecular complexity index is 1230. The molecule has 2 aromatic heterocycles. The fourth-order valence-electron chi connectivity index (χ4n) is 4.41. The Hall–Kier alpha value is -4.34. The summed E-state index contributed by atoms with van der Waals surface area (Å²) in [6.45, 7) is 4.71. The number of amides is 3. The molecule has 4 heterocycles. The summed E-state index contributed by atoms with van der Waals surface area (Å²) in [4.78, 5) is 47.1. The molecule has 3 amide bonds. The maximum absolute atomic E-state index is 12.7. The number of nitrogens with zero attached hydrogens (tertiary/aromatic N) is 6. The normalized spacial score (nSPS) is 15.3. The van der Waals surface area contributed by atoms with Crippen molar-refractivity contribution in [3.8, 4) is 0 Å². The highest BCUT2D eigenvalue weighted by molar-refractivity contribution is 6.21. The summed E-state index contributed by atoms with van der Waals surface area (Å²) in [5.41, 5.74) is 1.95. The van der Waals surface area contributed by atoms with Crippen molar-refractivity contribution in [2.24, 2.45) is 0 Å². The van der Waals surface area contributed by atoms with Crippen LogP contribution in [0.4, 0.5) is 17.5 Å². The lowest BCUT2D eigenvalue weighted by molar-refractivity contribution is -0.131. The van der Waals surface area contributed by atoms with Crippen molar-refractivity contribution in [2.75, 3.05) is 42.9 Å². The standard InChI is InChI=1S/C26H27N7O3/c1-18-8-9-21(27-17-18)28-22-10-11-23(30-29-22)31-13-15-32(16-14-31)24(34)7-4-12-33-25(35)19-5-2-3-6-20(19)26(33)36/h2-3,5-6,8-11,17H,4,7,12-16H2,1H3,(H,27,28,29). The van der Waals surface area contributed by atoms with Crippen molar-refractivity contribution in [2.45, 2.75) is 19.8 Å². The molecule has 1 saturated heterocycles. The number of anilines is 3. The van der Waals surface area contributed by atoms with Gasteiger partial charge in [0.1, 0.15) is 5.82 Å². The van der Waals surface area contributed by atoms with Crippen molar-refractivity contribution in [3.63, 3.8) is 0 Å². The van der Waals surface area contributed by atoms with E-state index in [1.807, 2.05) is 36.1 Å². The molecule has 10 nitrogen and oxygen atoms in total. The number of rotatable bonds is 7. The van der Waals surface area contributed by atoms with E-state index in [-0.39, 0.29) is 24.3 Å². The Balaban J connectivity index is 1.07. The molecule has 0 saturated carbocycles. The first kappa shape index (κ1) is 23.4. The highest BCUT2D eigenvalue weighted by Crippen LogP contribution is 2.23. The minimum atomic E-state index is -0.283. The van der Waals surface area contributed by atoms with Crippen LogP contribution < -0.4 is 10.2 Å². The predicted octanol–water partition coefficient (Wildman–Crippen LogP) is 2.65. The molecule has 0 bridgehead atoms. The second kappa shape index (κ2) is 10.1. The summed E-state index contributed by atoms with van der Waals surface area (Å²) in [5, 5.41) is 11.7. The lowest BCUT2D eigenvalue weighted by Gasteiger charge is -2.35. The Labute approximate surface area is 208 Å². The molecule has 10 heteroatoms. The van der Waals surface area contributed by atoms with Gasteiger partial charge in [0, 0.05) is 45.3 Å². The molecular weight excluding hydrogens is 458 g/mol. The van der Waals surface area contributed by atoms with Gasteiger partial charge in [0.05, 0.1) is 11.1 Å². The van der Waals surface area contributed by atoms with Gasteiger partial charge in [-0.15, -0.1) is 10.2 Å².